The summed E-state index contributed by atoms with van der Waals surface area (Å²) in [5, 5.41) is 17.5. The zero-order valence-electron chi connectivity index (χ0n) is 8.36. The van der Waals surface area contributed by atoms with Crippen LogP contribution in [-0.4, -0.2) is 33.9 Å². The van der Waals surface area contributed by atoms with Gasteiger partial charge in [-0.3, -0.25) is 0 Å². The van der Waals surface area contributed by atoms with Crippen molar-refractivity contribution in [1.82, 2.24) is 4.98 Å². The quantitative estimate of drug-likeness (QED) is 0.840. The molecule has 0 atom stereocenters. The third kappa shape index (κ3) is 3.91. The molecule has 5 nitrogen and oxygen atoms in total. The van der Waals surface area contributed by atoms with E-state index in [1.807, 2.05) is 0 Å². The van der Waals surface area contributed by atoms with Crippen LogP contribution in [-0.2, 0) is 6.61 Å². The molecular weight excluding hydrogens is 243 g/mol. The summed E-state index contributed by atoms with van der Waals surface area (Å²) in [5.41, 5.74) is -0.359. The standard InChI is InChI=1S/C9H8F3NO4/c10-9(11,12)4-17-7-6(3-14)1-5(2-13-7)8(15)16/h1-2,14H,3-4H2,(H,15,16). The van der Waals surface area contributed by atoms with Gasteiger partial charge in [-0.05, 0) is 6.07 Å². The highest BCUT2D eigenvalue weighted by Gasteiger charge is 2.29. The first-order valence-corrected chi connectivity index (χ1v) is 4.36. The van der Waals surface area contributed by atoms with Gasteiger partial charge in [0.2, 0.25) is 5.88 Å². The van der Waals surface area contributed by atoms with Crippen LogP contribution in [0.4, 0.5) is 13.2 Å². The molecule has 94 valence electrons. The van der Waals surface area contributed by atoms with E-state index in [0.717, 1.165) is 12.3 Å². The number of nitrogens with zero attached hydrogens (tertiary/aromatic N) is 1. The lowest BCUT2D eigenvalue weighted by molar-refractivity contribution is -0.154. The Morgan fingerprint density at radius 3 is 2.59 bits per heavy atom. The van der Waals surface area contributed by atoms with Gasteiger partial charge in [0.05, 0.1) is 12.2 Å². The van der Waals surface area contributed by atoms with E-state index in [-0.39, 0.29) is 11.1 Å². The lowest BCUT2D eigenvalue weighted by atomic mass is 10.2. The molecule has 0 aliphatic heterocycles. The Morgan fingerprint density at radius 2 is 2.12 bits per heavy atom. The molecule has 0 aliphatic carbocycles. The molecule has 8 heteroatoms. The fourth-order valence-electron chi connectivity index (χ4n) is 1.01. The van der Waals surface area contributed by atoms with Crippen LogP contribution in [0.15, 0.2) is 12.3 Å². The lowest BCUT2D eigenvalue weighted by Crippen LogP contribution is -2.20. The van der Waals surface area contributed by atoms with E-state index in [4.69, 9.17) is 10.2 Å². The zero-order chi connectivity index (χ0) is 13.1. The second-order valence-corrected chi connectivity index (χ2v) is 3.06. The van der Waals surface area contributed by atoms with Crippen molar-refractivity contribution >= 4 is 5.97 Å². The number of carboxylic acid groups (broad SMARTS) is 1. The molecule has 0 aliphatic rings. The number of halogens is 3. The maximum atomic E-state index is 11.9. The van der Waals surface area contributed by atoms with Gasteiger partial charge in [0, 0.05) is 11.8 Å². The maximum Gasteiger partial charge on any atom is 0.422 e. The van der Waals surface area contributed by atoms with Crippen molar-refractivity contribution in [3.8, 4) is 5.88 Å². The molecule has 0 amide bonds. The molecular formula is C9H8F3NO4. The Labute approximate surface area is 93.5 Å². The van der Waals surface area contributed by atoms with E-state index in [1.54, 1.807) is 0 Å². The molecule has 0 aromatic carbocycles. The Bertz CT molecular complexity index is 419. The van der Waals surface area contributed by atoms with Crippen LogP contribution in [0.1, 0.15) is 15.9 Å². The fourth-order valence-corrected chi connectivity index (χ4v) is 1.01. The summed E-state index contributed by atoms with van der Waals surface area (Å²) >= 11 is 0. The van der Waals surface area contributed by atoms with Crippen molar-refractivity contribution in [2.24, 2.45) is 0 Å². The summed E-state index contributed by atoms with van der Waals surface area (Å²) in [4.78, 5) is 14.0. The Kier molecular flexibility index (Phi) is 3.89. The molecule has 0 saturated heterocycles. The summed E-state index contributed by atoms with van der Waals surface area (Å²) in [7, 11) is 0. The van der Waals surface area contributed by atoms with Crippen molar-refractivity contribution in [1.29, 1.82) is 0 Å². The molecule has 1 aromatic rings. The van der Waals surface area contributed by atoms with E-state index in [9.17, 15) is 18.0 Å². The maximum absolute atomic E-state index is 11.9. The van der Waals surface area contributed by atoms with E-state index in [2.05, 4.69) is 9.72 Å². The molecule has 0 spiro atoms. The van der Waals surface area contributed by atoms with Crippen LogP contribution >= 0.6 is 0 Å². The lowest BCUT2D eigenvalue weighted by Gasteiger charge is -2.11. The van der Waals surface area contributed by atoms with Gasteiger partial charge in [-0.25, -0.2) is 9.78 Å². The van der Waals surface area contributed by atoms with Crippen molar-refractivity contribution in [2.45, 2.75) is 12.8 Å². The number of aliphatic hydroxyl groups excluding tert-OH is 1. The van der Waals surface area contributed by atoms with Crippen molar-refractivity contribution in [3.63, 3.8) is 0 Å². The average molecular weight is 251 g/mol. The number of hydrogen-bond acceptors (Lipinski definition) is 4. The van der Waals surface area contributed by atoms with E-state index >= 15 is 0 Å². The summed E-state index contributed by atoms with van der Waals surface area (Å²) in [5.74, 6) is -1.73. The van der Waals surface area contributed by atoms with E-state index in [0.29, 0.717) is 0 Å². The number of carbonyl (C=O) groups is 1. The first-order chi connectivity index (χ1) is 7.83. The van der Waals surface area contributed by atoms with Crippen LogP contribution in [0.5, 0.6) is 5.88 Å². The second-order valence-electron chi connectivity index (χ2n) is 3.06. The molecule has 0 saturated carbocycles. The number of hydrogen-bond donors (Lipinski definition) is 2. The third-order valence-corrected chi connectivity index (χ3v) is 1.72. The van der Waals surface area contributed by atoms with Crippen LogP contribution in [0.2, 0.25) is 0 Å². The Hall–Kier alpha value is -1.83. The van der Waals surface area contributed by atoms with Crippen LogP contribution < -0.4 is 4.74 Å². The van der Waals surface area contributed by atoms with E-state index < -0.39 is 31.2 Å². The Morgan fingerprint density at radius 1 is 1.47 bits per heavy atom. The number of carboxylic acids is 1. The number of aliphatic hydroxyl groups is 1. The van der Waals surface area contributed by atoms with Gasteiger partial charge in [0.15, 0.2) is 6.61 Å². The molecule has 17 heavy (non-hydrogen) atoms. The largest absolute Gasteiger partial charge is 0.478 e. The first-order valence-electron chi connectivity index (χ1n) is 4.36. The highest BCUT2D eigenvalue weighted by molar-refractivity contribution is 5.87. The monoisotopic (exact) mass is 251 g/mol. The topological polar surface area (TPSA) is 79.7 Å². The third-order valence-electron chi connectivity index (χ3n) is 1.72. The zero-order valence-corrected chi connectivity index (χ0v) is 8.36. The number of rotatable bonds is 4. The second kappa shape index (κ2) is 5.00. The van der Waals surface area contributed by atoms with Crippen LogP contribution in [0.3, 0.4) is 0 Å². The van der Waals surface area contributed by atoms with Crippen molar-refractivity contribution < 1.29 is 32.9 Å². The van der Waals surface area contributed by atoms with Crippen molar-refractivity contribution in [2.75, 3.05) is 6.61 Å². The first kappa shape index (κ1) is 13.2. The highest BCUT2D eigenvalue weighted by Crippen LogP contribution is 2.21. The SMILES string of the molecule is O=C(O)c1cnc(OCC(F)(F)F)c(CO)c1. The smallest absolute Gasteiger partial charge is 0.422 e. The summed E-state index contributed by atoms with van der Waals surface area (Å²) in [6, 6.07) is 1.00. The van der Waals surface area contributed by atoms with Crippen LogP contribution in [0.25, 0.3) is 0 Å². The summed E-state index contributed by atoms with van der Waals surface area (Å²) in [6.45, 7) is -2.22. The molecule has 1 rings (SSSR count). The minimum atomic E-state index is -4.53. The number of aromatic nitrogens is 1. The van der Waals surface area contributed by atoms with Gasteiger partial charge in [0.25, 0.3) is 0 Å². The summed E-state index contributed by atoms with van der Waals surface area (Å²) < 4.78 is 40.0. The molecule has 1 heterocycles. The average Bonchev–Trinajstić information content (AvgIpc) is 2.24. The Balaban J connectivity index is 2.89. The number of pyridine rings is 1. The number of aromatic carboxylic acids is 1. The van der Waals surface area contributed by atoms with Gasteiger partial charge in [0.1, 0.15) is 0 Å². The van der Waals surface area contributed by atoms with Gasteiger partial charge < -0.3 is 14.9 Å². The number of ether oxygens (including phenoxy) is 1. The van der Waals surface area contributed by atoms with Gasteiger partial charge >= 0.3 is 12.1 Å². The number of alkyl halides is 3. The highest BCUT2D eigenvalue weighted by atomic mass is 19.4. The predicted octanol–water partition coefficient (Wildman–Crippen LogP) is 1.21. The minimum Gasteiger partial charge on any atom is -0.478 e. The normalized spacial score (nSPS) is 11.3. The summed E-state index contributed by atoms with van der Waals surface area (Å²) in [6.07, 6.45) is -3.67. The molecule has 0 fully saturated rings. The fraction of sp³-hybridized carbons (Fsp3) is 0.333. The molecule has 1 aromatic heterocycles. The molecule has 0 radical (unpaired) electrons. The molecule has 2 N–H and O–H groups in total. The van der Waals surface area contributed by atoms with Gasteiger partial charge in [-0.2, -0.15) is 13.2 Å². The van der Waals surface area contributed by atoms with E-state index in [1.165, 1.54) is 0 Å². The van der Waals surface area contributed by atoms with Crippen LogP contribution in [0, 0.1) is 0 Å². The molecule has 0 unspecified atom stereocenters. The van der Waals surface area contributed by atoms with Gasteiger partial charge in [-0.15, -0.1) is 0 Å². The van der Waals surface area contributed by atoms with Gasteiger partial charge in [-0.1, -0.05) is 0 Å². The molecule has 0 bridgehead atoms. The van der Waals surface area contributed by atoms with Crippen molar-refractivity contribution in [3.05, 3.63) is 23.4 Å². The minimum absolute atomic E-state index is 0.117. The predicted molar refractivity (Wildman–Crippen MR) is 48.7 cm³/mol.